The van der Waals surface area contributed by atoms with Crippen LogP contribution < -0.4 is 5.32 Å². The summed E-state index contributed by atoms with van der Waals surface area (Å²) in [6.07, 6.45) is 1.17. The SMILES string of the molecule is O=C(NCc1cccc(Cl)c1)C1CCCN1S(=O)(=O)c1ccc(Br)cc1. The first kappa shape index (κ1) is 19.4. The maximum atomic E-state index is 12.9. The van der Waals surface area contributed by atoms with Crippen LogP contribution in [0.1, 0.15) is 18.4 Å². The molecule has 0 saturated carbocycles. The van der Waals surface area contributed by atoms with Crippen LogP contribution in [0.4, 0.5) is 0 Å². The van der Waals surface area contributed by atoms with Crippen LogP contribution in [0.15, 0.2) is 57.9 Å². The molecule has 0 aromatic heterocycles. The fraction of sp³-hybridized carbons (Fsp3) is 0.278. The molecule has 0 spiro atoms. The number of benzene rings is 2. The van der Waals surface area contributed by atoms with E-state index >= 15 is 0 Å². The molecule has 1 fully saturated rings. The van der Waals surface area contributed by atoms with E-state index in [1.165, 1.54) is 4.31 Å². The molecule has 2 aromatic carbocycles. The molecular weight excluding hydrogens is 440 g/mol. The van der Waals surface area contributed by atoms with Crippen LogP contribution in [0.25, 0.3) is 0 Å². The maximum absolute atomic E-state index is 12.9. The van der Waals surface area contributed by atoms with Crippen molar-refractivity contribution < 1.29 is 13.2 Å². The Bertz CT molecular complexity index is 903. The molecule has 138 valence electrons. The number of hydrogen-bond donors (Lipinski definition) is 1. The maximum Gasteiger partial charge on any atom is 0.243 e. The smallest absolute Gasteiger partial charge is 0.243 e. The predicted octanol–water partition coefficient (Wildman–Crippen LogP) is 3.57. The number of nitrogens with one attached hydrogen (secondary N) is 1. The van der Waals surface area contributed by atoms with Gasteiger partial charge in [0.2, 0.25) is 15.9 Å². The van der Waals surface area contributed by atoms with Gasteiger partial charge in [-0.25, -0.2) is 8.42 Å². The molecule has 1 aliphatic heterocycles. The number of rotatable bonds is 5. The number of carbonyl (C=O) groups excluding carboxylic acids is 1. The minimum atomic E-state index is -3.71. The van der Waals surface area contributed by atoms with Crippen LogP contribution in [-0.4, -0.2) is 31.2 Å². The molecule has 1 saturated heterocycles. The Morgan fingerprint density at radius 3 is 2.65 bits per heavy atom. The van der Waals surface area contributed by atoms with Gasteiger partial charge in [0.05, 0.1) is 4.90 Å². The van der Waals surface area contributed by atoms with Gasteiger partial charge >= 0.3 is 0 Å². The van der Waals surface area contributed by atoms with Gasteiger partial charge in [-0.1, -0.05) is 39.7 Å². The molecule has 3 rings (SSSR count). The van der Waals surface area contributed by atoms with Crippen molar-refractivity contribution in [2.45, 2.75) is 30.3 Å². The van der Waals surface area contributed by atoms with E-state index in [2.05, 4.69) is 21.2 Å². The van der Waals surface area contributed by atoms with Gasteiger partial charge in [-0.3, -0.25) is 4.79 Å². The number of hydrogen-bond acceptors (Lipinski definition) is 3. The second kappa shape index (κ2) is 8.08. The molecule has 1 N–H and O–H groups in total. The molecule has 0 radical (unpaired) electrons. The van der Waals surface area contributed by atoms with Gasteiger partial charge in [0.1, 0.15) is 6.04 Å². The fourth-order valence-electron chi connectivity index (χ4n) is 2.99. The highest BCUT2D eigenvalue weighted by Crippen LogP contribution is 2.27. The zero-order valence-corrected chi connectivity index (χ0v) is 17.0. The molecule has 1 unspecified atom stereocenters. The Labute approximate surface area is 166 Å². The normalized spacial score (nSPS) is 18.0. The largest absolute Gasteiger partial charge is 0.351 e. The number of amides is 1. The van der Waals surface area contributed by atoms with Gasteiger partial charge in [0.15, 0.2) is 0 Å². The monoisotopic (exact) mass is 456 g/mol. The summed E-state index contributed by atoms with van der Waals surface area (Å²) in [5.74, 6) is -0.289. The molecule has 0 bridgehead atoms. The van der Waals surface area contributed by atoms with Crippen LogP contribution in [-0.2, 0) is 21.4 Å². The van der Waals surface area contributed by atoms with Gasteiger partial charge < -0.3 is 5.32 Å². The van der Waals surface area contributed by atoms with Gasteiger partial charge in [-0.05, 0) is 54.8 Å². The van der Waals surface area contributed by atoms with Crippen molar-refractivity contribution in [3.05, 3.63) is 63.6 Å². The van der Waals surface area contributed by atoms with Crippen molar-refractivity contribution in [3.63, 3.8) is 0 Å². The first-order valence-electron chi connectivity index (χ1n) is 8.17. The predicted molar refractivity (Wildman–Crippen MR) is 104 cm³/mol. The van der Waals surface area contributed by atoms with Gasteiger partial charge in [-0.2, -0.15) is 4.31 Å². The Balaban J connectivity index is 1.72. The van der Waals surface area contributed by atoms with E-state index in [0.717, 1.165) is 10.0 Å². The van der Waals surface area contributed by atoms with E-state index in [0.29, 0.717) is 31.0 Å². The zero-order valence-electron chi connectivity index (χ0n) is 13.9. The lowest BCUT2D eigenvalue weighted by atomic mass is 10.2. The quantitative estimate of drug-likeness (QED) is 0.746. The molecule has 26 heavy (non-hydrogen) atoms. The molecule has 5 nitrogen and oxygen atoms in total. The van der Waals surface area contributed by atoms with Crippen LogP contribution in [0.3, 0.4) is 0 Å². The third-order valence-electron chi connectivity index (χ3n) is 4.28. The van der Waals surface area contributed by atoms with Crippen molar-refractivity contribution in [2.24, 2.45) is 0 Å². The summed E-state index contributed by atoms with van der Waals surface area (Å²) in [7, 11) is -3.71. The van der Waals surface area contributed by atoms with Crippen LogP contribution in [0, 0.1) is 0 Å². The molecular formula is C18H18BrClN2O3S. The second-order valence-electron chi connectivity index (χ2n) is 6.08. The topological polar surface area (TPSA) is 66.5 Å². The standard InChI is InChI=1S/C18H18BrClN2O3S/c19-14-6-8-16(9-7-14)26(24,25)22-10-2-5-17(22)18(23)21-12-13-3-1-4-15(20)11-13/h1,3-4,6-9,11,17H,2,5,10,12H2,(H,21,23). The van der Waals surface area contributed by atoms with Crippen molar-refractivity contribution >= 4 is 43.5 Å². The highest BCUT2D eigenvalue weighted by atomic mass is 79.9. The molecule has 2 aromatic rings. The summed E-state index contributed by atoms with van der Waals surface area (Å²) in [6, 6.07) is 12.9. The summed E-state index contributed by atoms with van der Waals surface area (Å²) in [5.41, 5.74) is 0.867. The van der Waals surface area contributed by atoms with Crippen molar-refractivity contribution in [2.75, 3.05) is 6.54 Å². The third kappa shape index (κ3) is 4.28. The summed E-state index contributed by atoms with van der Waals surface area (Å²) in [5, 5.41) is 3.41. The van der Waals surface area contributed by atoms with E-state index in [9.17, 15) is 13.2 Å². The first-order valence-corrected chi connectivity index (χ1v) is 10.8. The molecule has 1 aliphatic rings. The molecule has 1 atom stereocenters. The fourth-order valence-corrected chi connectivity index (χ4v) is 5.12. The van der Waals surface area contributed by atoms with Crippen molar-refractivity contribution in [1.29, 1.82) is 0 Å². The Morgan fingerprint density at radius 2 is 1.96 bits per heavy atom. The van der Waals surface area contributed by atoms with Crippen molar-refractivity contribution in [1.82, 2.24) is 9.62 Å². The lowest BCUT2D eigenvalue weighted by Crippen LogP contribution is -2.45. The average Bonchev–Trinajstić information content (AvgIpc) is 3.11. The highest BCUT2D eigenvalue weighted by molar-refractivity contribution is 9.10. The molecule has 0 aliphatic carbocycles. The van der Waals surface area contributed by atoms with Gasteiger partial charge in [0, 0.05) is 22.6 Å². The van der Waals surface area contributed by atoms with Crippen LogP contribution >= 0.6 is 27.5 Å². The van der Waals surface area contributed by atoms with Gasteiger partial charge in [0.25, 0.3) is 0 Å². The van der Waals surface area contributed by atoms with Crippen LogP contribution in [0.5, 0.6) is 0 Å². The summed E-state index contributed by atoms with van der Waals surface area (Å²) in [4.78, 5) is 12.8. The van der Waals surface area contributed by atoms with E-state index in [1.54, 1.807) is 36.4 Å². The summed E-state index contributed by atoms with van der Waals surface area (Å²) >= 11 is 9.24. The van der Waals surface area contributed by atoms with E-state index in [-0.39, 0.29) is 10.8 Å². The van der Waals surface area contributed by atoms with E-state index < -0.39 is 16.1 Å². The Kier molecular flexibility index (Phi) is 6.02. The average molecular weight is 458 g/mol. The molecule has 1 heterocycles. The Hall–Kier alpha value is -1.41. The first-order chi connectivity index (χ1) is 12.4. The summed E-state index contributed by atoms with van der Waals surface area (Å²) in [6.45, 7) is 0.649. The van der Waals surface area contributed by atoms with Crippen molar-refractivity contribution in [3.8, 4) is 0 Å². The lowest BCUT2D eigenvalue weighted by Gasteiger charge is -2.23. The summed E-state index contributed by atoms with van der Waals surface area (Å²) < 4.78 is 27.9. The highest BCUT2D eigenvalue weighted by Gasteiger charge is 2.39. The zero-order chi connectivity index (χ0) is 18.7. The lowest BCUT2D eigenvalue weighted by molar-refractivity contribution is -0.124. The second-order valence-corrected chi connectivity index (χ2v) is 9.32. The molecule has 1 amide bonds. The number of halogens is 2. The minimum absolute atomic E-state index is 0.190. The minimum Gasteiger partial charge on any atom is -0.351 e. The number of sulfonamides is 1. The number of nitrogens with zero attached hydrogens (tertiary/aromatic N) is 1. The number of carbonyl (C=O) groups is 1. The van der Waals surface area contributed by atoms with E-state index in [1.807, 2.05) is 12.1 Å². The molecule has 8 heteroatoms. The Morgan fingerprint density at radius 1 is 1.23 bits per heavy atom. The van der Waals surface area contributed by atoms with Gasteiger partial charge in [-0.15, -0.1) is 0 Å². The third-order valence-corrected chi connectivity index (χ3v) is 6.97. The van der Waals surface area contributed by atoms with Crippen LogP contribution in [0.2, 0.25) is 5.02 Å². The van der Waals surface area contributed by atoms with E-state index in [4.69, 9.17) is 11.6 Å².